The van der Waals surface area contributed by atoms with Gasteiger partial charge in [-0.05, 0) is 43.0 Å². The predicted molar refractivity (Wildman–Crippen MR) is 76.1 cm³/mol. The predicted octanol–water partition coefficient (Wildman–Crippen LogP) is 3.18. The van der Waals surface area contributed by atoms with Gasteiger partial charge < -0.3 is 14.8 Å². The molecule has 3 heteroatoms. The van der Waals surface area contributed by atoms with Gasteiger partial charge in [-0.2, -0.15) is 0 Å². The van der Waals surface area contributed by atoms with Crippen LogP contribution in [0.15, 0.2) is 12.1 Å². The van der Waals surface area contributed by atoms with Gasteiger partial charge in [0.25, 0.3) is 0 Å². The molecule has 1 saturated carbocycles. The molecule has 1 atom stereocenters. The second kappa shape index (κ2) is 4.71. The number of benzene rings is 1. The van der Waals surface area contributed by atoms with Gasteiger partial charge in [0.15, 0.2) is 11.5 Å². The first-order valence-corrected chi connectivity index (χ1v) is 7.20. The number of hydrogen-bond acceptors (Lipinski definition) is 3. The Hall–Kier alpha value is -1.22. The Labute approximate surface area is 115 Å². The summed E-state index contributed by atoms with van der Waals surface area (Å²) in [5, 5.41) is 3.66. The third kappa shape index (κ3) is 1.91. The monoisotopic (exact) mass is 261 g/mol. The molecule has 1 aliphatic heterocycles. The van der Waals surface area contributed by atoms with Gasteiger partial charge in [-0.3, -0.25) is 0 Å². The molecule has 0 saturated heterocycles. The molecule has 1 N–H and O–H groups in total. The first-order chi connectivity index (χ1) is 9.20. The van der Waals surface area contributed by atoms with Crippen LogP contribution in [0.3, 0.4) is 0 Å². The summed E-state index contributed by atoms with van der Waals surface area (Å²) in [5.41, 5.74) is 3.18. The van der Waals surface area contributed by atoms with E-state index >= 15 is 0 Å². The average Bonchev–Trinajstić information content (AvgIpc) is 2.91. The van der Waals surface area contributed by atoms with Crippen molar-refractivity contribution < 1.29 is 9.47 Å². The van der Waals surface area contributed by atoms with Crippen LogP contribution in [0.2, 0.25) is 0 Å². The van der Waals surface area contributed by atoms with E-state index in [9.17, 15) is 0 Å². The SMILES string of the molecule is COc1cc2c(cc1OC)C1(CCCC1)CN[C@@H]2C. The van der Waals surface area contributed by atoms with E-state index in [0.717, 1.165) is 18.0 Å². The Kier molecular flexibility index (Phi) is 3.17. The third-order valence-electron chi connectivity index (χ3n) is 4.90. The van der Waals surface area contributed by atoms with Crippen molar-refractivity contribution in [2.45, 2.75) is 44.1 Å². The van der Waals surface area contributed by atoms with Crippen molar-refractivity contribution in [2.75, 3.05) is 20.8 Å². The molecule has 3 rings (SSSR count). The van der Waals surface area contributed by atoms with E-state index in [-0.39, 0.29) is 0 Å². The first-order valence-electron chi connectivity index (χ1n) is 7.20. The van der Waals surface area contributed by atoms with Crippen LogP contribution in [0.5, 0.6) is 11.5 Å². The van der Waals surface area contributed by atoms with Crippen molar-refractivity contribution in [1.29, 1.82) is 0 Å². The Balaban J connectivity index is 2.15. The van der Waals surface area contributed by atoms with Crippen LogP contribution < -0.4 is 14.8 Å². The molecule has 3 nitrogen and oxygen atoms in total. The van der Waals surface area contributed by atoms with Gasteiger partial charge >= 0.3 is 0 Å². The topological polar surface area (TPSA) is 30.5 Å². The summed E-state index contributed by atoms with van der Waals surface area (Å²) in [5.74, 6) is 1.70. The van der Waals surface area contributed by atoms with E-state index in [0.29, 0.717) is 11.5 Å². The van der Waals surface area contributed by atoms with E-state index < -0.39 is 0 Å². The van der Waals surface area contributed by atoms with Gasteiger partial charge in [0, 0.05) is 18.0 Å². The van der Waals surface area contributed by atoms with E-state index in [1.165, 1.54) is 36.8 Å². The molecule has 104 valence electrons. The minimum Gasteiger partial charge on any atom is -0.493 e. The lowest BCUT2D eigenvalue weighted by atomic mass is 9.72. The lowest BCUT2D eigenvalue weighted by Crippen LogP contribution is -2.43. The minimum atomic E-state index is 0.321. The van der Waals surface area contributed by atoms with E-state index in [1.807, 2.05) is 0 Å². The van der Waals surface area contributed by atoms with Crippen molar-refractivity contribution in [3.63, 3.8) is 0 Å². The number of rotatable bonds is 2. The van der Waals surface area contributed by atoms with E-state index in [2.05, 4.69) is 24.4 Å². The van der Waals surface area contributed by atoms with Gasteiger partial charge in [0.05, 0.1) is 14.2 Å². The Morgan fingerprint density at radius 1 is 1.11 bits per heavy atom. The molecule has 1 aromatic carbocycles. The van der Waals surface area contributed by atoms with Gasteiger partial charge in [0.2, 0.25) is 0 Å². The molecular weight excluding hydrogens is 238 g/mol. The summed E-state index contributed by atoms with van der Waals surface area (Å²) in [6.07, 6.45) is 5.25. The molecular formula is C16H23NO2. The summed E-state index contributed by atoms with van der Waals surface area (Å²) >= 11 is 0. The number of fused-ring (bicyclic) bond motifs is 2. The van der Waals surface area contributed by atoms with Gasteiger partial charge in [-0.25, -0.2) is 0 Å². The molecule has 2 aliphatic rings. The average molecular weight is 261 g/mol. The fourth-order valence-corrected chi connectivity index (χ4v) is 3.76. The maximum absolute atomic E-state index is 5.49. The fourth-order valence-electron chi connectivity index (χ4n) is 3.76. The second-order valence-corrected chi connectivity index (χ2v) is 5.88. The Bertz CT molecular complexity index is 478. The van der Waals surface area contributed by atoms with Crippen molar-refractivity contribution in [1.82, 2.24) is 5.32 Å². The van der Waals surface area contributed by atoms with Crippen molar-refractivity contribution >= 4 is 0 Å². The molecule has 1 aromatic rings. The van der Waals surface area contributed by atoms with Crippen LogP contribution in [0.25, 0.3) is 0 Å². The number of hydrogen-bond donors (Lipinski definition) is 1. The van der Waals surface area contributed by atoms with Crippen molar-refractivity contribution in [3.8, 4) is 11.5 Å². The van der Waals surface area contributed by atoms with Gasteiger partial charge in [-0.1, -0.05) is 12.8 Å². The standard InChI is InChI=1S/C16H23NO2/c1-11-12-8-14(18-2)15(19-3)9-13(12)16(10-17-11)6-4-5-7-16/h8-9,11,17H,4-7,10H2,1-3H3/t11-/m1/s1. The van der Waals surface area contributed by atoms with Crippen LogP contribution in [-0.4, -0.2) is 20.8 Å². The number of methoxy groups -OCH3 is 2. The minimum absolute atomic E-state index is 0.321. The summed E-state index contributed by atoms with van der Waals surface area (Å²) < 4.78 is 10.9. The van der Waals surface area contributed by atoms with Crippen LogP contribution in [0.1, 0.15) is 49.8 Å². The zero-order valence-corrected chi connectivity index (χ0v) is 12.1. The van der Waals surface area contributed by atoms with Crippen LogP contribution in [-0.2, 0) is 5.41 Å². The van der Waals surface area contributed by atoms with Crippen molar-refractivity contribution in [3.05, 3.63) is 23.3 Å². The Morgan fingerprint density at radius 2 is 1.74 bits per heavy atom. The van der Waals surface area contributed by atoms with E-state index in [1.54, 1.807) is 14.2 Å². The molecule has 19 heavy (non-hydrogen) atoms. The highest BCUT2D eigenvalue weighted by Crippen LogP contribution is 2.48. The molecule has 0 unspecified atom stereocenters. The maximum atomic E-state index is 5.49. The fraction of sp³-hybridized carbons (Fsp3) is 0.625. The largest absolute Gasteiger partial charge is 0.493 e. The Morgan fingerprint density at radius 3 is 2.37 bits per heavy atom. The molecule has 1 spiro atoms. The summed E-state index contributed by atoms with van der Waals surface area (Å²) in [6.45, 7) is 3.32. The summed E-state index contributed by atoms with van der Waals surface area (Å²) in [6, 6.07) is 4.77. The zero-order valence-electron chi connectivity index (χ0n) is 12.1. The van der Waals surface area contributed by atoms with Crippen LogP contribution in [0.4, 0.5) is 0 Å². The smallest absolute Gasteiger partial charge is 0.161 e. The van der Waals surface area contributed by atoms with Crippen LogP contribution in [0, 0.1) is 0 Å². The molecule has 0 bridgehead atoms. The first kappa shape index (κ1) is 12.8. The van der Waals surface area contributed by atoms with Crippen molar-refractivity contribution in [2.24, 2.45) is 0 Å². The maximum Gasteiger partial charge on any atom is 0.161 e. The highest BCUT2D eigenvalue weighted by Gasteiger charge is 2.41. The highest BCUT2D eigenvalue weighted by molar-refractivity contribution is 5.52. The second-order valence-electron chi connectivity index (χ2n) is 5.88. The quantitative estimate of drug-likeness (QED) is 0.887. The number of nitrogens with one attached hydrogen (secondary N) is 1. The normalized spacial score (nSPS) is 24.3. The van der Waals surface area contributed by atoms with E-state index in [4.69, 9.17) is 9.47 Å². The molecule has 1 heterocycles. The third-order valence-corrected chi connectivity index (χ3v) is 4.90. The highest BCUT2D eigenvalue weighted by atomic mass is 16.5. The zero-order chi connectivity index (χ0) is 13.5. The van der Waals surface area contributed by atoms with Gasteiger partial charge in [0.1, 0.15) is 0 Å². The summed E-state index contributed by atoms with van der Waals surface area (Å²) in [4.78, 5) is 0. The molecule has 0 amide bonds. The lowest BCUT2D eigenvalue weighted by molar-refractivity contribution is 0.330. The molecule has 1 fully saturated rings. The molecule has 1 aliphatic carbocycles. The van der Waals surface area contributed by atoms with Gasteiger partial charge in [-0.15, -0.1) is 0 Å². The van der Waals surface area contributed by atoms with Crippen LogP contribution >= 0.6 is 0 Å². The lowest BCUT2D eigenvalue weighted by Gasteiger charge is -2.40. The molecule has 0 radical (unpaired) electrons. The molecule has 0 aromatic heterocycles. The summed E-state index contributed by atoms with van der Waals surface area (Å²) in [7, 11) is 3.42. The number of ether oxygens (including phenoxy) is 2.